The Labute approximate surface area is 216 Å². The van der Waals surface area contributed by atoms with Crippen molar-refractivity contribution in [2.24, 2.45) is 5.92 Å². The van der Waals surface area contributed by atoms with E-state index in [2.05, 4.69) is 12.2 Å². The smallest absolute Gasteiger partial charge is 0.303 e. The second-order valence-corrected chi connectivity index (χ2v) is 10.0. The Morgan fingerprint density at radius 1 is 0.944 bits per heavy atom. The van der Waals surface area contributed by atoms with Crippen LogP contribution in [0.25, 0.3) is 0 Å². The number of carbonyl (C=O) groups excluding carboxylic acids is 1. The monoisotopic (exact) mass is 517 g/mol. The van der Waals surface area contributed by atoms with Crippen molar-refractivity contribution in [2.45, 2.75) is 57.8 Å². The van der Waals surface area contributed by atoms with Crippen molar-refractivity contribution < 1.29 is 34.4 Å². The first-order valence-electron chi connectivity index (χ1n) is 12.2. The molecule has 3 rings (SSSR count). The molecule has 0 spiro atoms. The number of aliphatic hydroxyl groups excluding tert-OH is 2. The molecular formula is C27H35NO7S. The van der Waals surface area contributed by atoms with Crippen molar-refractivity contribution in [1.82, 2.24) is 5.32 Å². The number of nitrogens with one attached hydrogen (secondary N) is 1. The molecule has 36 heavy (non-hydrogen) atoms. The molecule has 2 aromatic carbocycles. The molecule has 9 heteroatoms. The fraction of sp³-hybridized carbons (Fsp3) is 0.481. The molecule has 0 bridgehead atoms. The third-order valence-corrected chi connectivity index (χ3v) is 7.21. The molecule has 0 radical (unpaired) electrons. The van der Waals surface area contributed by atoms with Crippen molar-refractivity contribution in [3.8, 4) is 0 Å². The van der Waals surface area contributed by atoms with Crippen molar-refractivity contribution in [2.75, 3.05) is 18.1 Å². The van der Waals surface area contributed by atoms with Gasteiger partial charge in [-0.2, -0.15) is 11.8 Å². The Morgan fingerprint density at radius 2 is 1.61 bits per heavy atom. The molecule has 1 amide bonds. The molecular weight excluding hydrogens is 482 g/mol. The zero-order valence-corrected chi connectivity index (χ0v) is 21.3. The third kappa shape index (κ3) is 8.31. The van der Waals surface area contributed by atoms with Gasteiger partial charge in [-0.3, -0.25) is 9.59 Å². The minimum atomic E-state index is -0.904. The summed E-state index contributed by atoms with van der Waals surface area (Å²) < 4.78 is 12.8. The lowest BCUT2D eigenvalue weighted by Crippen LogP contribution is -2.38. The summed E-state index contributed by atoms with van der Waals surface area (Å²) in [5, 5.41) is 30.1. The quantitative estimate of drug-likeness (QED) is 0.297. The van der Waals surface area contributed by atoms with Crippen LogP contribution in [0.4, 0.5) is 0 Å². The maximum absolute atomic E-state index is 11.9. The number of amides is 1. The predicted molar refractivity (Wildman–Crippen MR) is 137 cm³/mol. The van der Waals surface area contributed by atoms with Gasteiger partial charge in [-0.05, 0) is 23.1 Å². The molecule has 0 aromatic heterocycles. The van der Waals surface area contributed by atoms with Crippen LogP contribution in [0.1, 0.15) is 60.8 Å². The van der Waals surface area contributed by atoms with Crippen molar-refractivity contribution in [3.63, 3.8) is 0 Å². The van der Waals surface area contributed by atoms with Gasteiger partial charge in [0.05, 0.1) is 25.4 Å². The first-order chi connectivity index (χ1) is 17.4. The number of carbonyl (C=O) groups is 2. The normalized spacial score (nSPS) is 21.8. The first-order valence-corrected chi connectivity index (χ1v) is 13.3. The second-order valence-electron chi connectivity index (χ2n) is 8.89. The lowest BCUT2D eigenvalue weighted by Gasteiger charge is -2.41. The molecule has 0 saturated carbocycles. The van der Waals surface area contributed by atoms with E-state index in [-0.39, 0.29) is 50.1 Å². The van der Waals surface area contributed by atoms with Gasteiger partial charge in [-0.15, -0.1) is 0 Å². The third-order valence-electron chi connectivity index (χ3n) is 6.18. The van der Waals surface area contributed by atoms with Crippen molar-refractivity contribution in [1.29, 1.82) is 0 Å². The highest BCUT2D eigenvalue weighted by molar-refractivity contribution is 7.99. The number of aliphatic carboxylic acids is 1. The van der Waals surface area contributed by atoms with Crippen LogP contribution < -0.4 is 5.32 Å². The van der Waals surface area contributed by atoms with E-state index in [4.69, 9.17) is 14.6 Å². The minimum absolute atomic E-state index is 0.0113. The average Bonchev–Trinajstić information content (AvgIpc) is 2.89. The standard InChI is InChI=1S/C27H35NO7S/c1-18-23(17-36-14-13-29)34-27(35-26(18)21-9-7-20(16-30)8-10-21)22-11-5-19(6-12-22)15-28-24(31)3-2-4-25(32)33/h5-12,18,23,26-27,29-30H,2-4,13-17H2,1H3,(H,28,31)(H,32,33). The number of hydrogen-bond acceptors (Lipinski definition) is 7. The van der Waals surface area contributed by atoms with E-state index in [1.54, 1.807) is 11.8 Å². The largest absolute Gasteiger partial charge is 0.481 e. The topological polar surface area (TPSA) is 125 Å². The van der Waals surface area contributed by atoms with E-state index >= 15 is 0 Å². The maximum Gasteiger partial charge on any atom is 0.303 e. The number of benzene rings is 2. The molecule has 1 fully saturated rings. The summed E-state index contributed by atoms with van der Waals surface area (Å²) in [6.45, 7) is 2.57. The van der Waals surface area contributed by atoms with Gasteiger partial charge in [-0.25, -0.2) is 0 Å². The van der Waals surface area contributed by atoms with Crippen LogP contribution in [0.3, 0.4) is 0 Å². The summed E-state index contributed by atoms with van der Waals surface area (Å²) in [6, 6.07) is 15.4. The van der Waals surface area contributed by atoms with Gasteiger partial charge < -0.3 is 30.1 Å². The van der Waals surface area contributed by atoms with Crippen LogP contribution in [-0.2, 0) is 32.2 Å². The molecule has 1 heterocycles. The van der Waals surface area contributed by atoms with Gasteiger partial charge in [0.15, 0.2) is 6.29 Å². The molecule has 196 valence electrons. The number of hydrogen-bond donors (Lipinski definition) is 4. The highest BCUT2D eigenvalue weighted by Crippen LogP contribution is 2.42. The highest BCUT2D eigenvalue weighted by Gasteiger charge is 2.38. The van der Waals surface area contributed by atoms with Crippen molar-refractivity contribution >= 4 is 23.6 Å². The second kappa shape index (κ2) is 14.3. The van der Waals surface area contributed by atoms with Crippen LogP contribution in [0.2, 0.25) is 0 Å². The molecule has 0 aliphatic carbocycles. The zero-order valence-electron chi connectivity index (χ0n) is 20.5. The Morgan fingerprint density at radius 3 is 2.25 bits per heavy atom. The summed E-state index contributed by atoms with van der Waals surface area (Å²) in [5.74, 6) is 0.386. The Hall–Kier alpha value is -2.43. The van der Waals surface area contributed by atoms with Gasteiger partial charge in [0.1, 0.15) is 0 Å². The van der Waals surface area contributed by atoms with Gasteiger partial charge in [0, 0.05) is 42.4 Å². The summed E-state index contributed by atoms with van der Waals surface area (Å²) in [6.07, 6.45) is -0.357. The van der Waals surface area contributed by atoms with Gasteiger partial charge in [-0.1, -0.05) is 55.5 Å². The Kier molecular flexibility index (Phi) is 11.2. The Balaban J connectivity index is 1.66. The van der Waals surface area contributed by atoms with Crippen LogP contribution in [0.5, 0.6) is 0 Å². The SMILES string of the molecule is CC1C(CSCCO)OC(c2ccc(CNC(=O)CCCC(=O)O)cc2)OC1c1ccc(CO)cc1. The van der Waals surface area contributed by atoms with Crippen molar-refractivity contribution in [3.05, 3.63) is 70.8 Å². The summed E-state index contributed by atoms with van der Waals surface area (Å²) in [4.78, 5) is 22.5. The fourth-order valence-electron chi connectivity index (χ4n) is 4.06. The minimum Gasteiger partial charge on any atom is -0.481 e. The summed E-state index contributed by atoms with van der Waals surface area (Å²) >= 11 is 1.65. The van der Waals surface area contributed by atoms with E-state index in [9.17, 15) is 19.8 Å². The molecule has 4 N–H and O–H groups in total. The van der Waals surface area contributed by atoms with Gasteiger partial charge >= 0.3 is 5.97 Å². The molecule has 2 aromatic rings. The van der Waals surface area contributed by atoms with Gasteiger partial charge in [0.2, 0.25) is 5.91 Å². The highest BCUT2D eigenvalue weighted by atomic mass is 32.2. The molecule has 4 unspecified atom stereocenters. The predicted octanol–water partition coefficient (Wildman–Crippen LogP) is 3.57. The molecule has 4 atom stereocenters. The number of carboxylic acids is 1. The Bertz CT molecular complexity index is 967. The molecule has 8 nitrogen and oxygen atoms in total. The fourth-order valence-corrected chi connectivity index (χ4v) is 4.97. The number of thioether (sulfide) groups is 1. The van der Waals surface area contributed by atoms with Gasteiger partial charge in [0.25, 0.3) is 0 Å². The van der Waals surface area contributed by atoms with Crippen LogP contribution in [0, 0.1) is 5.92 Å². The molecule has 1 aliphatic heterocycles. The number of rotatable bonds is 13. The van der Waals surface area contributed by atoms with E-state index < -0.39 is 12.3 Å². The van der Waals surface area contributed by atoms with E-state index in [0.29, 0.717) is 18.7 Å². The summed E-state index contributed by atoms with van der Waals surface area (Å²) in [5.41, 5.74) is 3.65. The van der Waals surface area contributed by atoms with Crippen LogP contribution in [0.15, 0.2) is 48.5 Å². The lowest BCUT2D eigenvalue weighted by atomic mass is 9.91. The average molecular weight is 518 g/mol. The van der Waals surface area contributed by atoms with Crippen LogP contribution >= 0.6 is 11.8 Å². The number of aliphatic hydroxyl groups is 2. The maximum atomic E-state index is 11.9. The number of ether oxygens (including phenoxy) is 2. The molecule has 1 aliphatic rings. The van der Waals surface area contributed by atoms with E-state index in [1.165, 1.54) is 0 Å². The lowest BCUT2D eigenvalue weighted by molar-refractivity contribution is -0.268. The van der Waals surface area contributed by atoms with E-state index in [0.717, 1.165) is 28.0 Å². The van der Waals surface area contributed by atoms with E-state index in [1.807, 2.05) is 48.5 Å². The first kappa shape index (κ1) is 28.1. The van der Waals surface area contributed by atoms with Crippen LogP contribution in [-0.4, -0.2) is 51.4 Å². The number of carboxylic acid groups (broad SMARTS) is 1. The molecule has 1 saturated heterocycles. The zero-order chi connectivity index (χ0) is 25.9. The summed E-state index contributed by atoms with van der Waals surface area (Å²) in [7, 11) is 0.